The van der Waals surface area contributed by atoms with Crippen LogP contribution in [0.5, 0.6) is 0 Å². The van der Waals surface area contributed by atoms with Gasteiger partial charge in [0.25, 0.3) is 5.91 Å². The molecule has 128 valence electrons. The Hall–Kier alpha value is -2.62. The highest BCUT2D eigenvalue weighted by Crippen LogP contribution is 2.36. The van der Waals surface area contributed by atoms with Crippen molar-refractivity contribution in [1.29, 1.82) is 0 Å². The van der Waals surface area contributed by atoms with E-state index in [1.165, 1.54) is 0 Å². The highest BCUT2D eigenvalue weighted by molar-refractivity contribution is 6.34. The van der Waals surface area contributed by atoms with Crippen molar-refractivity contribution >= 4 is 35.0 Å². The number of halogens is 1. The maximum atomic E-state index is 12.6. The summed E-state index contributed by atoms with van der Waals surface area (Å²) in [6.07, 6.45) is 1.57. The largest absolute Gasteiger partial charge is 0.365 e. The minimum Gasteiger partial charge on any atom is -0.365 e. The first-order valence-electron chi connectivity index (χ1n) is 8.07. The number of hydrogen-bond acceptors (Lipinski definition) is 4. The number of benzene rings is 2. The second kappa shape index (κ2) is 7.51. The Morgan fingerprint density at radius 1 is 1.08 bits per heavy atom. The van der Waals surface area contributed by atoms with Crippen molar-refractivity contribution in [2.24, 2.45) is 4.99 Å². The maximum absolute atomic E-state index is 12.6. The zero-order chi connectivity index (χ0) is 17.8. The number of aryl methyl sites for hydroxylation is 1. The molecule has 2 aromatic rings. The second-order valence-corrected chi connectivity index (χ2v) is 6.36. The predicted octanol–water partition coefficient (Wildman–Crippen LogP) is 3.58. The molecule has 0 radical (unpaired) electrons. The number of amides is 1. The van der Waals surface area contributed by atoms with Crippen LogP contribution in [0.2, 0.25) is 5.02 Å². The van der Waals surface area contributed by atoms with Gasteiger partial charge in [-0.3, -0.25) is 4.79 Å². The predicted molar refractivity (Wildman–Crippen MR) is 98.5 cm³/mol. The molecule has 0 aliphatic carbocycles. The van der Waals surface area contributed by atoms with Crippen LogP contribution in [0.25, 0.3) is 0 Å². The van der Waals surface area contributed by atoms with E-state index in [1.54, 1.807) is 24.3 Å². The number of para-hydroxylation sites is 1. The number of piperazine rings is 1. The Labute approximate surface area is 151 Å². The molecule has 0 atom stereocenters. The summed E-state index contributed by atoms with van der Waals surface area (Å²) in [6.45, 7) is 4.42. The lowest BCUT2D eigenvalue weighted by Gasteiger charge is -2.36. The molecule has 2 aromatic carbocycles. The average Bonchev–Trinajstić information content (AvgIpc) is 2.62. The summed E-state index contributed by atoms with van der Waals surface area (Å²) in [5.41, 5.74) is 3.04. The van der Waals surface area contributed by atoms with Crippen LogP contribution in [0.4, 0.5) is 11.4 Å². The van der Waals surface area contributed by atoms with Gasteiger partial charge in [0.15, 0.2) is 0 Å². The van der Waals surface area contributed by atoms with Gasteiger partial charge in [-0.25, -0.2) is 4.79 Å². The lowest BCUT2D eigenvalue weighted by atomic mass is 10.1. The average molecular weight is 356 g/mol. The van der Waals surface area contributed by atoms with Crippen molar-refractivity contribution in [2.45, 2.75) is 6.92 Å². The SMILES string of the molecule is Cc1ccc(C(=O)N2CCN(c3c(Cl)cccc3N=C=O)CC2)cc1. The van der Waals surface area contributed by atoms with E-state index in [-0.39, 0.29) is 5.91 Å². The van der Waals surface area contributed by atoms with Gasteiger partial charge in [0.2, 0.25) is 6.08 Å². The van der Waals surface area contributed by atoms with Gasteiger partial charge < -0.3 is 9.80 Å². The summed E-state index contributed by atoms with van der Waals surface area (Å²) >= 11 is 6.30. The van der Waals surface area contributed by atoms with Crippen LogP contribution in [0, 0.1) is 6.92 Å². The molecule has 1 saturated heterocycles. The zero-order valence-corrected chi connectivity index (χ0v) is 14.7. The summed E-state index contributed by atoms with van der Waals surface area (Å²) in [7, 11) is 0. The summed E-state index contributed by atoms with van der Waals surface area (Å²) in [6, 6.07) is 12.8. The van der Waals surface area contributed by atoms with Gasteiger partial charge in [-0.05, 0) is 31.2 Å². The van der Waals surface area contributed by atoms with Crippen LogP contribution in [-0.2, 0) is 4.79 Å². The zero-order valence-electron chi connectivity index (χ0n) is 13.9. The molecule has 1 amide bonds. The van der Waals surface area contributed by atoms with E-state index in [4.69, 9.17) is 11.6 Å². The molecule has 0 aromatic heterocycles. The lowest BCUT2D eigenvalue weighted by Crippen LogP contribution is -2.48. The Bertz CT molecular complexity index is 821. The molecule has 6 heteroatoms. The molecule has 5 nitrogen and oxygen atoms in total. The number of isocyanates is 1. The monoisotopic (exact) mass is 355 g/mol. The van der Waals surface area contributed by atoms with Crippen LogP contribution in [0.3, 0.4) is 0 Å². The Kier molecular flexibility index (Phi) is 5.17. The third-order valence-corrected chi connectivity index (χ3v) is 4.62. The van der Waals surface area contributed by atoms with Gasteiger partial charge in [-0.2, -0.15) is 4.99 Å². The van der Waals surface area contributed by atoms with Crippen LogP contribution >= 0.6 is 11.6 Å². The highest BCUT2D eigenvalue weighted by atomic mass is 35.5. The summed E-state index contributed by atoms with van der Waals surface area (Å²) in [5.74, 6) is 0.0324. The second-order valence-electron chi connectivity index (χ2n) is 5.96. The fourth-order valence-corrected chi connectivity index (χ4v) is 3.26. The van der Waals surface area contributed by atoms with Crippen molar-refractivity contribution in [2.75, 3.05) is 31.1 Å². The molecule has 3 rings (SSSR count). The number of carbonyl (C=O) groups excluding carboxylic acids is 2. The number of nitrogens with zero attached hydrogens (tertiary/aromatic N) is 3. The van der Waals surface area contributed by atoms with E-state index < -0.39 is 0 Å². The minimum absolute atomic E-state index is 0.0324. The van der Waals surface area contributed by atoms with Crippen LogP contribution < -0.4 is 4.90 Å². The minimum atomic E-state index is 0.0324. The first-order chi connectivity index (χ1) is 12.1. The van der Waals surface area contributed by atoms with E-state index in [2.05, 4.69) is 9.89 Å². The van der Waals surface area contributed by atoms with E-state index in [1.807, 2.05) is 36.1 Å². The fraction of sp³-hybridized carbons (Fsp3) is 0.263. The number of anilines is 1. The lowest BCUT2D eigenvalue weighted by molar-refractivity contribution is 0.0747. The van der Waals surface area contributed by atoms with Gasteiger partial charge in [0.1, 0.15) is 5.69 Å². The van der Waals surface area contributed by atoms with Crippen LogP contribution in [0.1, 0.15) is 15.9 Å². The molecule has 1 aliphatic heterocycles. The van der Waals surface area contributed by atoms with Gasteiger partial charge in [0.05, 0.1) is 10.7 Å². The third kappa shape index (κ3) is 3.73. The van der Waals surface area contributed by atoms with E-state index >= 15 is 0 Å². The molecule has 0 N–H and O–H groups in total. The maximum Gasteiger partial charge on any atom is 0.253 e. The Morgan fingerprint density at radius 3 is 2.40 bits per heavy atom. The molecule has 1 aliphatic rings. The van der Waals surface area contributed by atoms with Gasteiger partial charge in [-0.15, -0.1) is 0 Å². The molecular weight excluding hydrogens is 338 g/mol. The molecule has 0 saturated carbocycles. The molecule has 1 fully saturated rings. The Morgan fingerprint density at radius 2 is 1.76 bits per heavy atom. The first kappa shape index (κ1) is 17.2. The smallest absolute Gasteiger partial charge is 0.253 e. The van der Waals surface area contributed by atoms with Crippen LogP contribution in [-0.4, -0.2) is 43.1 Å². The number of hydrogen-bond donors (Lipinski definition) is 0. The molecule has 0 unspecified atom stereocenters. The number of rotatable bonds is 3. The van der Waals surface area contributed by atoms with Crippen molar-refractivity contribution in [1.82, 2.24) is 4.90 Å². The highest BCUT2D eigenvalue weighted by Gasteiger charge is 2.24. The summed E-state index contributed by atoms with van der Waals surface area (Å²) < 4.78 is 0. The van der Waals surface area contributed by atoms with E-state index in [9.17, 15) is 9.59 Å². The standard InChI is InChI=1S/C19H18ClN3O2/c1-14-5-7-15(8-6-14)19(25)23-11-9-22(10-12-23)18-16(20)3-2-4-17(18)21-13-24/h2-8H,9-12H2,1H3. The summed E-state index contributed by atoms with van der Waals surface area (Å²) in [4.78, 5) is 30.9. The molecule has 1 heterocycles. The van der Waals surface area contributed by atoms with Gasteiger partial charge >= 0.3 is 0 Å². The molecule has 25 heavy (non-hydrogen) atoms. The molecule has 0 spiro atoms. The number of carbonyl (C=O) groups is 1. The van der Waals surface area contributed by atoms with Gasteiger partial charge in [0, 0.05) is 31.7 Å². The normalized spacial score (nSPS) is 14.2. The van der Waals surface area contributed by atoms with Crippen molar-refractivity contribution < 1.29 is 9.59 Å². The first-order valence-corrected chi connectivity index (χ1v) is 8.45. The van der Waals surface area contributed by atoms with Crippen molar-refractivity contribution in [3.63, 3.8) is 0 Å². The van der Waals surface area contributed by atoms with Crippen LogP contribution in [0.15, 0.2) is 47.5 Å². The Balaban J connectivity index is 1.73. The summed E-state index contributed by atoms with van der Waals surface area (Å²) in [5, 5.41) is 0.537. The fourth-order valence-electron chi connectivity index (χ4n) is 2.97. The molecular formula is C19H18ClN3O2. The third-order valence-electron chi connectivity index (χ3n) is 4.31. The van der Waals surface area contributed by atoms with E-state index in [0.717, 1.165) is 11.3 Å². The van der Waals surface area contributed by atoms with Crippen molar-refractivity contribution in [3.8, 4) is 0 Å². The molecule has 0 bridgehead atoms. The van der Waals surface area contributed by atoms with Gasteiger partial charge in [-0.1, -0.05) is 35.4 Å². The quantitative estimate of drug-likeness (QED) is 0.624. The number of aliphatic imine (C=N–C) groups is 1. The topological polar surface area (TPSA) is 53.0 Å². The van der Waals surface area contributed by atoms with Crippen molar-refractivity contribution in [3.05, 3.63) is 58.6 Å². The van der Waals surface area contributed by atoms with E-state index in [0.29, 0.717) is 42.5 Å².